The van der Waals surface area contributed by atoms with Crippen LogP contribution < -0.4 is 10.1 Å². The number of nitrogens with one attached hydrogen (secondary N) is 1. The number of rotatable bonds is 6. The van der Waals surface area contributed by atoms with E-state index in [2.05, 4.69) is 62.3 Å². The highest BCUT2D eigenvalue weighted by molar-refractivity contribution is 5.38. The summed E-state index contributed by atoms with van der Waals surface area (Å²) < 4.78 is 5.98. The minimum Gasteiger partial charge on any atom is -0.492 e. The zero-order valence-corrected chi connectivity index (χ0v) is 13.2. The first-order valence-corrected chi connectivity index (χ1v) is 7.86. The molecule has 0 bridgehead atoms. The zero-order chi connectivity index (χ0) is 14.5. The quantitative estimate of drug-likeness (QED) is 0.863. The van der Waals surface area contributed by atoms with Gasteiger partial charge in [0.05, 0.1) is 12.1 Å². The molecule has 0 aromatic heterocycles. The monoisotopic (exact) mass is 276 g/mol. The Hall–Kier alpha value is -1.06. The second-order valence-corrected chi connectivity index (χ2v) is 5.77. The van der Waals surface area contributed by atoms with E-state index in [9.17, 15) is 0 Å². The van der Waals surface area contributed by atoms with E-state index in [1.807, 2.05) is 0 Å². The molecular formula is C17H28N2O. The fourth-order valence-corrected chi connectivity index (χ4v) is 2.86. The van der Waals surface area contributed by atoms with E-state index in [1.165, 1.54) is 5.56 Å². The highest BCUT2D eigenvalue weighted by Gasteiger charge is 2.34. The molecule has 0 spiro atoms. The van der Waals surface area contributed by atoms with Crippen LogP contribution in [0.2, 0.25) is 0 Å². The summed E-state index contributed by atoms with van der Waals surface area (Å²) in [6.45, 7) is 8.55. The lowest BCUT2D eigenvalue weighted by atomic mass is 9.94. The molecule has 0 amide bonds. The van der Waals surface area contributed by atoms with Crippen LogP contribution in [0.1, 0.15) is 45.2 Å². The average molecular weight is 276 g/mol. The van der Waals surface area contributed by atoms with Crippen molar-refractivity contribution in [1.29, 1.82) is 0 Å². The van der Waals surface area contributed by atoms with Gasteiger partial charge in [0.15, 0.2) is 0 Å². The van der Waals surface area contributed by atoms with Gasteiger partial charge < -0.3 is 10.1 Å². The lowest BCUT2D eigenvalue weighted by Gasteiger charge is -2.41. The number of hydrogen-bond donors (Lipinski definition) is 1. The summed E-state index contributed by atoms with van der Waals surface area (Å²) in [6.07, 6.45) is 2.31. The molecule has 20 heavy (non-hydrogen) atoms. The minimum absolute atomic E-state index is 0.360. The summed E-state index contributed by atoms with van der Waals surface area (Å²) in [4.78, 5) is 2.46. The molecular weight excluding hydrogens is 248 g/mol. The van der Waals surface area contributed by atoms with Crippen LogP contribution in [0.3, 0.4) is 0 Å². The summed E-state index contributed by atoms with van der Waals surface area (Å²) in [5.41, 5.74) is 1.30. The van der Waals surface area contributed by atoms with E-state index in [0.717, 1.165) is 31.7 Å². The van der Waals surface area contributed by atoms with Crippen LogP contribution in [-0.2, 0) is 0 Å². The van der Waals surface area contributed by atoms with Gasteiger partial charge in [0.1, 0.15) is 12.4 Å². The number of para-hydroxylation sites is 1. The van der Waals surface area contributed by atoms with Crippen LogP contribution in [0.25, 0.3) is 0 Å². The van der Waals surface area contributed by atoms with Crippen LogP contribution in [-0.4, -0.2) is 37.2 Å². The van der Waals surface area contributed by atoms with Crippen LogP contribution in [0.5, 0.6) is 5.75 Å². The largest absolute Gasteiger partial charge is 0.492 e. The Morgan fingerprint density at radius 2 is 2.10 bits per heavy atom. The lowest BCUT2D eigenvalue weighted by molar-refractivity contribution is 0.0779. The Bertz CT molecular complexity index is 421. The van der Waals surface area contributed by atoms with Crippen LogP contribution in [0, 0.1) is 0 Å². The number of hydrogen-bond acceptors (Lipinski definition) is 3. The fraction of sp³-hybridized carbons (Fsp3) is 0.647. The first-order chi connectivity index (χ1) is 9.69. The van der Waals surface area contributed by atoms with Gasteiger partial charge in [-0.3, -0.25) is 4.90 Å². The Morgan fingerprint density at radius 1 is 1.35 bits per heavy atom. The molecule has 3 atom stereocenters. The summed E-state index contributed by atoms with van der Waals surface area (Å²) in [6, 6.07) is 9.75. The highest BCUT2D eigenvalue weighted by atomic mass is 16.5. The third kappa shape index (κ3) is 3.15. The van der Waals surface area contributed by atoms with Crippen molar-refractivity contribution in [1.82, 2.24) is 10.2 Å². The van der Waals surface area contributed by atoms with Gasteiger partial charge in [0.25, 0.3) is 0 Å². The van der Waals surface area contributed by atoms with Crippen LogP contribution in [0.15, 0.2) is 24.3 Å². The van der Waals surface area contributed by atoms with Gasteiger partial charge in [-0.2, -0.15) is 0 Å². The van der Waals surface area contributed by atoms with Crippen molar-refractivity contribution in [3.8, 4) is 5.75 Å². The van der Waals surface area contributed by atoms with Gasteiger partial charge in [-0.25, -0.2) is 0 Å². The summed E-state index contributed by atoms with van der Waals surface area (Å²) in [7, 11) is 2.22. The Balaban J connectivity index is 2.24. The number of benzene rings is 1. The maximum Gasteiger partial charge on any atom is 0.124 e. The Morgan fingerprint density at radius 3 is 2.80 bits per heavy atom. The topological polar surface area (TPSA) is 24.5 Å². The van der Waals surface area contributed by atoms with Gasteiger partial charge in [0, 0.05) is 11.6 Å². The smallest absolute Gasteiger partial charge is 0.124 e. The van der Waals surface area contributed by atoms with Gasteiger partial charge >= 0.3 is 0 Å². The molecule has 3 nitrogen and oxygen atoms in total. The molecule has 0 fully saturated rings. The molecule has 112 valence electrons. The summed E-state index contributed by atoms with van der Waals surface area (Å²) in [5, 5.41) is 3.72. The normalized spacial score (nSPS) is 23.2. The molecule has 1 aliphatic rings. The Labute approximate surface area is 123 Å². The molecule has 3 heteroatoms. The molecule has 1 heterocycles. The van der Waals surface area contributed by atoms with Crippen LogP contribution in [0.4, 0.5) is 0 Å². The molecule has 1 aromatic rings. The third-order valence-corrected chi connectivity index (χ3v) is 4.47. The SMILES string of the molecule is CCCNC1c2ccccc2OCC1N(C)C(C)CC. The van der Waals surface area contributed by atoms with E-state index in [0.29, 0.717) is 18.1 Å². The van der Waals surface area contributed by atoms with Gasteiger partial charge in [-0.1, -0.05) is 32.0 Å². The highest BCUT2D eigenvalue weighted by Crippen LogP contribution is 2.34. The number of fused-ring (bicyclic) bond motifs is 1. The zero-order valence-electron chi connectivity index (χ0n) is 13.2. The lowest BCUT2D eigenvalue weighted by Crippen LogP contribution is -2.51. The molecule has 0 saturated heterocycles. The van der Waals surface area contributed by atoms with E-state index >= 15 is 0 Å². The van der Waals surface area contributed by atoms with Gasteiger partial charge in [0.2, 0.25) is 0 Å². The molecule has 3 unspecified atom stereocenters. The summed E-state index contributed by atoms with van der Waals surface area (Å²) >= 11 is 0. The van der Waals surface area contributed by atoms with Crippen molar-refractivity contribution in [2.75, 3.05) is 20.2 Å². The number of ether oxygens (including phenoxy) is 1. The fourth-order valence-electron chi connectivity index (χ4n) is 2.86. The second kappa shape index (κ2) is 7.09. The average Bonchev–Trinajstić information content (AvgIpc) is 2.50. The van der Waals surface area contributed by atoms with Crippen molar-refractivity contribution >= 4 is 0 Å². The van der Waals surface area contributed by atoms with Crippen molar-refractivity contribution in [2.45, 2.75) is 51.7 Å². The van der Waals surface area contributed by atoms with Gasteiger partial charge in [-0.05, 0) is 39.4 Å². The minimum atomic E-state index is 0.360. The first-order valence-electron chi connectivity index (χ1n) is 7.86. The van der Waals surface area contributed by atoms with E-state index < -0.39 is 0 Å². The van der Waals surface area contributed by atoms with E-state index in [4.69, 9.17) is 4.74 Å². The Kier molecular flexibility index (Phi) is 5.44. The standard InChI is InChI=1S/C17H28N2O/c1-5-11-18-17-14-9-7-8-10-16(14)20-12-15(17)19(4)13(3)6-2/h7-10,13,15,17-18H,5-6,11-12H2,1-4H3. The second-order valence-electron chi connectivity index (χ2n) is 5.77. The third-order valence-electron chi connectivity index (χ3n) is 4.47. The van der Waals surface area contributed by atoms with Crippen molar-refractivity contribution in [2.24, 2.45) is 0 Å². The van der Waals surface area contributed by atoms with Crippen molar-refractivity contribution < 1.29 is 4.74 Å². The van der Waals surface area contributed by atoms with E-state index in [1.54, 1.807) is 0 Å². The molecule has 1 aliphatic heterocycles. The molecule has 0 radical (unpaired) electrons. The van der Waals surface area contributed by atoms with Gasteiger partial charge in [-0.15, -0.1) is 0 Å². The molecule has 0 saturated carbocycles. The maximum absolute atomic E-state index is 5.98. The predicted molar refractivity (Wildman–Crippen MR) is 84.3 cm³/mol. The first kappa shape index (κ1) is 15.3. The van der Waals surface area contributed by atoms with E-state index in [-0.39, 0.29) is 0 Å². The maximum atomic E-state index is 5.98. The van der Waals surface area contributed by atoms with Crippen molar-refractivity contribution in [3.63, 3.8) is 0 Å². The van der Waals surface area contributed by atoms with Crippen molar-refractivity contribution in [3.05, 3.63) is 29.8 Å². The molecule has 2 rings (SSSR count). The molecule has 1 N–H and O–H groups in total. The number of likely N-dealkylation sites (N-methyl/N-ethyl adjacent to an activating group) is 1. The predicted octanol–water partition coefficient (Wildman–Crippen LogP) is 3.22. The number of nitrogens with zero attached hydrogens (tertiary/aromatic N) is 1. The molecule has 1 aromatic carbocycles. The summed E-state index contributed by atoms with van der Waals surface area (Å²) in [5.74, 6) is 1.04. The van der Waals surface area contributed by atoms with Crippen LogP contribution >= 0.6 is 0 Å². The molecule has 0 aliphatic carbocycles.